The monoisotopic (exact) mass is 477 g/mol. The molecular weight excluding hydrogens is 450 g/mol. The van der Waals surface area contributed by atoms with Crippen molar-refractivity contribution in [2.75, 3.05) is 21.3 Å². The Hall–Kier alpha value is -3.31. The molecule has 3 rings (SSSR count). The summed E-state index contributed by atoms with van der Waals surface area (Å²) in [5.74, 6) is -0.372. The first-order chi connectivity index (χ1) is 15.8. The summed E-state index contributed by atoms with van der Waals surface area (Å²) >= 11 is 0. The Balaban J connectivity index is 1.75. The number of methoxy groups -OCH3 is 3. The number of hydrogen-bond donors (Lipinski definition) is 3. The molecular formula is C22H27N3O7S. The van der Waals surface area contributed by atoms with Crippen LogP contribution in [0.25, 0.3) is 0 Å². The zero-order chi connectivity index (χ0) is 24.0. The van der Waals surface area contributed by atoms with Gasteiger partial charge in [0.15, 0.2) is 0 Å². The van der Waals surface area contributed by atoms with Crippen molar-refractivity contribution in [1.29, 1.82) is 0 Å². The van der Waals surface area contributed by atoms with E-state index in [-0.39, 0.29) is 27.8 Å². The molecule has 1 aliphatic rings. The standard InChI is InChI=1S/C22H27N3O7S/c1-30-17-10-15(11-18(13-17)31-2)22(27)24-23-21(26)14-8-9-19(32-3)20(12-14)33(28,29)25-16-6-4-5-7-16/h8-13,16,25H,4-7H2,1-3H3,(H,23,26)(H,24,27). The molecule has 2 aromatic carbocycles. The average Bonchev–Trinajstić information content (AvgIpc) is 3.33. The van der Waals surface area contributed by atoms with Gasteiger partial charge in [-0.1, -0.05) is 12.8 Å². The molecule has 1 aliphatic carbocycles. The third-order valence-electron chi connectivity index (χ3n) is 5.30. The highest BCUT2D eigenvalue weighted by molar-refractivity contribution is 7.89. The van der Waals surface area contributed by atoms with E-state index < -0.39 is 21.8 Å². The predicted molar refractivity (Wildman–Crippen MR) is 120 cm³/mol. The molecule has 1 saturated carbocycles. The van der Waals surface area contributed by atoms with Crippen LogP contribution >= 0.6 is 0 Å². The number of hydrogen-bond acceptors (Lipinski definition) is 7. The highest BCUT2D eigenvalue weighted by atomic mass is 32.2. The highest BCUT2D eigenvalue weighted by Crippen LogP contribution is 2.27. The summed E-state index contributed by atoms with van der Waals surface area (Å²) in [6.45, 7) is 0. The number of benzene rings is 2. The van der Waals surface area contributed by atoms with Gasteiger partial charge in [0.05, 0.1) is 21.3 Å². The molecule has 0 aliphatic heterocycles. The van der Waals surface area contributed by atoms with Crippen LogP contribution in [-0.4, -0.2) is 47.6 Å². The average molecular weight is 478 g/mol. The Labute approximate surface area is 192 Å². The van der Waals surface area contributed by atoms with E-state index in [1.54, 1.807) is 6.07 Å². The van der Waals surface area contributed by atoms with Crippen LogP contribution in [0.5, 0.6) is 17.2 Å². The maximum atomic E-state index is 12.9. The number of nitrogens with one attached hydrogen (secondary N) is 3. The van der Waals surface area contributed by atoms with E-state index in [4.69, 9.17) is 14.2 Å². The fourth-order valence-corrected chi connectivity index (χ4v) is 5.05. The van der Waals surface area contributed by atoms with E-state index in [0.29, 0.717) is 11.5 Å². The van der Waals surface area contributed by atoms with Gasteiger partial charge in [-0.25, -0.2) is 13.1 Å². The number of carbonyl (C=O) groups excluding carboxylic acids is 2. The minimum atomic E-state index is -3.90. The van der Waals surface area contributed by atoms with Gasteiger partial charge in [-0.3, -0.25) is 20.4 Å². The topological polar surface area (TPSA) is 132 Å². The Kier molecular flexibility index (Phi) is 7.77. The third kappa shape index (κ3) is 5.93. The number of amides is 2. The normalized spacial score (nSPS) is 13.9. The second kappa shape index (κ2) is 10.5. The smallest absolute Gasteiger partial charge is 0.269 e. The number of sulfonamides is 1. The van der Waals surface area contributed by atoms with Crippen molar-refractivity contribution in [1.82, 2.24) is 15.6 Å². The third-order valence-corrected chi connectivity index (χ3v) is 6.84. The van der Waals surface area contributed by atoms with Crippen LogP contribution in [0.2, 0.25) is 0 Å². The first-order valence-electron chi connectivity index (χ1n) is 10.3. The summed E-state index contributed by atoms with van der Waals surface area (Å²) in [4.78, 5) is 24.9. The summed E-state index contributed by atoms with van der Waals surface area (Å²) in [5.41, 5.74) is 4.82. The summed E-state index contributed by atoms with van der Waals surface area (Å²) in [7, 11) is 0.358. The zero-order valence-electron chi connectivity index (χ0n) is 18.6. The van der Waals surface area contributed by atoms with E-state index in [1.165, 1.54) is 51.7 Å². The molecule has 1 fully saturated rings. The molecule has 10 nitrogen and oxygen atoms in total. The molecule has 0 atom stereocenters. The summed E-state index contributed by atoms with van der Waals surface area (Å²) in [5, 5.41) is 0. The first kappa shape index (κ1) is 24.3. The van der Waals surface area contributed by atoms with Crippen LogP contribution in [0.4, 0.5) is 0 Å². The van der Waals surface area contributed by atoms with Gasteiger partial charge in [0.1, 0.15) is 22.1 Å². The molecule has 3 N–H and O–H groups in total. The largest absolute Gasteiger partial charge is 0.497 e. The van der Waals surface area contributed by atoms with Gasteiger partial charge < -0.3 is 14.2 Å². The van der Waals surface area contributed by atoms with Crippen LogP contribution in [-0.2, 0) is 10.0 Å². The van der Waals surface area contributed by atoms with E-state index in [2.05, 4.69) is 15.6 Å². The maximum absolute atomic E-state index is 12.9. The van der Waals surface area contributed by atoms with E-state index in [0.717, 1.165) is 25.7 Å². The van der Waals surface area contributed by atoms with Crippen molar-refractivity contribution in [3.8, 4) is 17.2 Å². The van der Waals surface area contributed by atoms with Gasteiger partial charge in [-0.2, -0.15) is 0 Å². The van der Waals surface area contributed by atoms with E-state index in [1.807, 2.05) is 0 Å². The number of hydrazine groups is 1. The van der Waals surface area contributed by atoms with Gasteiger partial charge in [0.25, 0.3) is 11.8 Å². The van der Waals surface area contributed by atoms with Crippen LogP contribution in [0.1, 0.15) is 46.4 Å². The lowest BCUT2D eigenvalue weighted by molar-refractivity contribution is 0.0846. The van der Waals surface area contributed by atoms with Crippen LogP contribution in [0, 0.1) is 0 Å². The van der Waals surface area contributed by atoms with E-state index >= 15 is 0 Å². The fourth-order valence-electron chi connectivity index (χ4n) is 3.55. The van der Waals surface area contributed by atoms with Gasteiger partial charge in [0.2, 0.25) is 10.0 Å². The molecule has 0 bridgehead atoms. The Morgan fingerprint density at radius 2 is 1.39 bits per heavy atom. The molecule has 0 saturated heterocycles. The molecule has 0 aromatic heterocycles. The van der Waals surface area contributed by atoms with Crippen LogP contribution in [0.15, 0.2) is 41.3 Å². The fraction of sp³-hybridized carbons (Fsp3) is 0.364. The highest BCUT2D eigenvalue weighted by Gasteiger charge is 2.26. The Bertz CT molecular complexity index is 1110. The van der Waals surface area contributed by atoms with E-state index in [9.17, 15) is 18.0 Å². The zero-order valence-corrected chi connectivity index (χ0v) is 19.5. The van der Waals surface area contributed by atoms with Gasteiger partial charge >= 0.3 is 0 Å². The van der Waals surface area contributed by atoms with Crippen molar-refractivity contribution < 1.29 is 32.2 Å². The summed E-state index contributed by atoms with van der Waals surface area (Å²) in [6.07, 6.45) is 3.46. The molecule has 11 heteroatoms. The number of ether oxygens (including phenoxy) is 3. The van der Waals surface area contributed by atoms with Crippen molar-refractivity contribution in [3.05, 3.63) is 47.5 Å². The molecule has 0 unspecified atom stereocenters. The van der Waals surface area contributed by atoms with Gasteiger partial charge in [-0.15, -0.1) is 0 Å². The van der Waals surface area contributed by atoms with Crippen molar-refractivity contribution in [2.45, 2.75) is 36.6 Å². The minimum absolute atomic E-state index is 0.0334. The molecule has 2 amide bonds. The lowest BCUT2D eigenvalue weighted by Gasteiger charge is -2.16. The van der Waals surface area contributed by atoms with Crippen LogP contribution in [0.3, 0.4) is 0 Å². The van der Waals surface area contributed by atoms with Gasteiger partial charge in [-0.05, 0) is 43.2 Å². The lowest BCUT2D eigenvalue weighted by atomic mass is 10.2. The predicted octanol–water partition coefficient (Wildman–Crippen LogP) is 2.01. The number of rotatable bonds is 8. The Morgan fingerprint density at radius 3 is 1.94 bits per heavy atom. The molecule has 0 spiro atoms. The Morgan fingerprint density at radius 1 is 0.818 bits per heavy atom. The number of carbonyl (C=O) groups is 2. The van der Waals surface area contributed by atoms with Crippen molar-refractivity contribution in [2.24, 2.45) is 0 Å². The maximum Gasteiger partial charge on any atom is 0.269 e. The first-order valence-corrected chi connectivity index (χ1v) is 11.8. The molecule has 33 heavy (non-hydrogen) atoms. The van der Waals surface area contributed by atoms with Gasteiger partial charge in [0, 0.05) is 23.2 Å². The van der Waals surface area contributed by atoms with Crippen LogP contribution < -0.4 is 29.8 Å². The SMILES string of the molecule is COc1cc(OC)cc(C(=O)NNC(=O)c2ccc(OC)c(S(=O)(=O)NC3CCCC3)c2)c1. The second-order valence-electron chi connectivity index (χ2n) is 7.48. The molecule has 178 valence electrons. The van der Waals surface area contributed by atoms with Crippen molar-refractivity contribution >= 4 is 21.8 Å². The summed E-state index contributed by atoms with van der Waals surface area (Å²) < 4.78 is 43.9. The quantitative estimate of drug-likeness (QED) is 0.496. The molecule has 0 radical (unpaired) electrons. The summed E-state index contributed by atoms with van der Waals surface area (Å²) in [6, 6.07) is 8.45. The molecule has 2 aromatic rings. The molecule has 0 heterocycles. The van der Waals surface area contributed by atoms with Crippen molar-refractivity contribution in [3.63, 3.8) is 0 Å². The second-order valence-corrected chi connectivity index (χ2v) is 9.16. The minimum Gasteiger partial charge on any atom is -0.497 e. The lowest BCUT2D eigenvalue weighted by Crippen LogP contribution is -2.41.